The molecule has 3 rings (SSSR count). The number of ether oxygens (including phenoxy) is 1. The van der Waals surface area contributed by atoms with Gasteiger partial charge in [0.1, 0.15) is 17.3 Å². The molecule has 3 nitrogen and oxygen atoms in total. The van der Waals surface area contributed by atoms with Crippen molar-refractivity contribution in [2.75, 3.05) is 0 Å². The van der Waals surface area contributed by atoms with Crippen molar-refractivity contribution in [1.29, 1.82) is 0 Å². The number of rotatable bonds is 2. The first-order valence-electron chi connectivity index (χ1n) is 5.45. The molecule has 4 heteroatoms. The fourth-order valence-corrected chi connectivity index (χ4v) is 1.69. The Labute approximate surface area is 103 Å². The van der Waals surface area contributed by atoms with E-state index in [9.17, 15) is 4.39 Å². The van der Waals surface area contributed by atoms with Crippen LogP contribution in [-0.4, -0.2) is 9.97 Å². The van der Waals surface area contributed by atoms with E-state index in [-0.39, 0.29) is 5.82 Å². The van der Waals surface area contributed by atoms with E-state index in [4.69, 9.17) is 4.74 Å². The third kappa shape index (κ3) is 2.00. The van der Waals surface area contributed by atoms with Crippen LogP contribution in [0.3, 0.4) is 0 Å². The van der Waals surface area contributed by atoms with E-state index in [1.165, 1.54) is 12.1 Å². The summed E-state index contributed by atoms with van der Waals surface area (Å²) in [7, 11) is 0. The van der Waals surface area contributed by atoms with Gasteiger partial charge < -0.3 is 4.74 Å². The van der Waals surface area contributed by atoms with Gasteiger partial charge >= 0.3 is 0 Å². The van der Waals surface area contributed by atoms with Crippen LogP contribution < -0.4 is 4.74 Å². The summed E-state index contributed by atoms with van der Waals surface area (Å²) in [6.45, 7) is 0. The molecule has 0 aliphatic heterocycles. The van der Waals surface area contributed by atoms with Crippen molar-refractivity contribution in [3.63, 3.8) is 0 Å². The Balaban J connectivity index is 2.02. The molecule has 0 aliphatic rings. The summed E-state index contributed by atoms with van der Waals surface area (Å²) < 4.78 is 18.5. The molecule has 0 saturated carbocycles. The first kappa shape index (κ1) is 10.7. The fourth-order valence-electron chi connectivity index (χ4n) is 1.69. The van der Waals surface area contributed by atoms with Crippen molar-refractivity contribution in [3.8, 4) is 11.5 Å². The largest absolute Gasteiger partial charge is 0.457 e. The number of pyridine rings is 2. The zero-order valence-corrected chi connectivity index (χ0v) is 9.38. The van der Waals surface area contributed by atoms with E-state index in [0.717, 1.165) is 10.9 Å². The predicted octanol–water partition coefficient (Wildman–Crippen LogP) is 3.56. The molecule has 0 spiro atoms. The summed E-state index contributed by atoms with van der Waals surface area (Å²) in [5, 5.41) is 0.872. The van der Waals surface area contributed by atoms with E-state index in [1.807, 2.05) is 6.07 Å². The van der Waals surface area contributed by atoms with Crippen LogP contribution in [0.2, 0.25) is 0 Å². The normalized spacial score (nSPS) is 10.5. The van der Waals surface area contributed by atoms with Crippen molar-refractivity contribution in [2.24, 2.45) is 0 Å². The molecule has 18 heavy (non-hydrogen) atoms. The summed E-state index contributed by atoms with van der Waals surface area (Å²) in [6, 6.07) is 9.50. The van der Waals surface area contributed by atoms with Crippen LogP contribution in [0.5, 0.6) is 11.5 Å². The molecule has 0 unspecified atom stereocenters. The van der Waals surface area contributed by atoms with Crippen LogP contribution in [0.4, 0.5) is 4.39 Å². The molecule has 3 aromatic rings. The lowest BCUT2D eigenvalue weighted by molar-refractivity contribution is 0.485. The van der Waals surface area contributed by atoms with E-state index in [1.54, 1.807) is 36.8 Å². The van der Waals surface area contributed by atoms with Crippen molar-refractivity contribution >= 4 is 10.9 Å². The number of halogens is 1. The molecule has 0 bridgehead atoms. The third-order valence-electron chi connectivity index (χ3n) is 2.55. The van der Waals surface area contributed by atoms with Gasteiger partial charge in [-0.1, -0.05) is 0 Å². The van der Waals surface area contributed by atoms with Gasteiger partial charge in [-0.05, 0) is 36.4 Å². The summed E-state index contributed by atoms with van der Waals surface area (Å²) in [4.78, 5) is 8.20. The maximum atomic E-state index is 12.8. The quantitative estimate of drug-likeness (QED) is 0.687. The number of hydrogen-bond donors (Lipinski definition) is 0. The number of fused-ring (bicyclic) bond motifs is 1. The molecule has 0 fully saturated rings. The van der Waals surface area contributed by atoms with Gasteiger partial charge in [0.25, 0.3) is 0 Å². The maximum absolute atomic E-state index is 12.8. The Morgan fingerprint density at radius 2 is 1.78 bits per heavy atom. The molecule has 88 valence electrons. The average molecular weight is 240 g/mol. The lowest BCUT2D eigenvalue weighted by atomic mass is 10.2. The molecule has 0 N–H and O–H groups in total. The summed E-state index contributed by atoms with van der Waals surface area (Å²) in [5.74, 6) is 0.973. The topological polar surface area (TPSA) is 35.0 Å². The number of aromatic nitrogens is 2. The van der Waals surface area contributed by atoms with E-state index >= 15 is 0 Å². The highest BCUT2D eigenvalue weighted by Crippen LogP contribution is 2.27. The van der Waals surface area contributed by atoms with Gasteiger partial charge in [0.2, 0.25) is 0 Å². The zero-order chi connectivity index (χ0) is 12.4. The van der Waals surface area contributed by atoms with E-state index < -0.39 is 0 Å². The van der Waals surface area contributed by atoms with Crippen molar-refractivity contribution in [3.05, 3.63) is 60.8 Å². The summed E-state index contributed by atoms with van der Waals surface area (Å²) in [6.07, 6.45) is 5.01. The molecular formula is C14H9FN2O. The standard InChI is InChI=1S/C14H9FN2O/c15-10-1-3-11(4-2-10)18-14-6-8-17-13-9-16-7-5-12(13)14/h1-9H. The number of benzene rings is 1. The monoisotopic (exact) mass is 240 g/mol. The first-order valence-corrected chi connectivity index (χ1v) is 5.45. The van der Waals surface area contributed by atoms with Crippen molar-refractivity contribution < 1.29 is 9.13 Å². The van der Waals surface area contributed by atoms with Gasteiger partial charge in [-0.2, -0.15) is 0 Å². The average Bonchev–Trinajstić information content (AvgIpc) is 2.42. The third-order valence-corrected chi connectivity index (χ3v) is 2.55. The van der Waals surface area contributed by atoms with Gasteiger partial charge in [-0.25, -0.2) is 4.39 Å². The zero-order valence-electron chi connectivity index (χ0n) is 9.38. The Hall–Kier alpha value is -2.49. The molecule has 1 aromatic carbocycles. The Morgan fingerprint density at radius 1 is 0.944 bits per heavy atom. The number of nitrogens with zero attached hydrogens (tertiary/aromatic N) is 2. The van der Waals surface area contributed by atoms with Gasteiger partial charge in [0.15, 0.2) is 0 Å². The van der Waals surface area contributed by atoms with Gasteiger partial charge in [0.05, 0.1) is 11.7 Å². The first-order chi connectivity index (χ1) is 8.83. The Morgan fingerprint density at radius 3 is 2.61 bits per heavy atom. The van der Waals surface area contributed by atoms with Crippen molar-refractivity contribution in [2.45, 2.75) is 0 Å². The molecular weight excluding hydrogens is 231 g/mol. The number of hydrogen-bond acceptors (Lipinski definition) is 3. The molecule has 0 saturated heterocycles. The fraction of sp³-hybridized carbons (Fsp3) is 0. The minimum absolute atomic E-state index is 0.286. The van der Waals surface area contributed by atoms with E-state index in [2.05, 4.69) is 9.97 Å². The minimum Gasteiger partial charge on any atom is -0.457 e. The SMILES string of the molecule is Fc1ccc(Oc2ccnc3cnccc23)cc1. The van der Waals surface area contributed by atoms with Crippen LogP contribution in [0.25, 0.3) is 10.9 Å². The molecule has 0 amide bonds. The molecule has 2 heterocycles. The van der Waals surface area contributed by atoms with Crippen LogP contribution in [0, 0.1) is 5.82 Å². The Bertz CT molecular complexity index is 677. The van der Waals surface area contributed by atoms with Crippen LogP contribution in [-0.2, 0) is 0 Å². The smallest absolute Gasteiger partial charge is 0.138 e. The van der Waals surface area contributed by atoms with Gasteiger partial charge in [-0.3, -0.25) is 9.97 Å². The lowest BCUT2D eigenvalue weighted by Gasteiger charge is -2.07. The highest BCUT2D eigenvalue weighted by atomic mass is 19.1. The van der Waals surface area contributed by atoms with Gasteiger partial charge in [0, 0.05) is 17.8 Å². The summed E-state index contributed by atoms with van der Waals surface area (Å²) >= 11 is 0. The van der Waals surface area contributed by atoms with Gasteiger partial charge in [-0.15, -0.1) is 0 Å². The van der Waals surface area contributed by atoms with Crippen molar-refractivity contribution in [1.82, 2.24) is 9.97 Å². The second-order valence-corrected chi connectivity index (χ2v) is 3.76. The highest BCUT2D eigenvalue weighted by molar-refractivity contribution is 5.84. The molecule has 0 radical (unpaired) electrons. The maximum Gasteiger partial charge on any atom is 0.138 e. The Kier molecular flexibility index (Phi) is 2.61. The highest BCUT2D eigenvalue weighted by Gasteiger charge is 2.04. The van der Waals surface area contributed by atoms with E-state index in [0.29, 0.717) is 11.5 Å². The molecule has 0 aliphatic carbocycles. The minimum atomic E-state index is -0.286. The summed E-state index contributed by atoms with van der Waals surface area (Å²) in [5.41, 5.74) is 0.761. The second-order valence-electron chi connectivity index (χ2n) is 3.76. The molecule has 0 atom stereocenters. The second kappa shape index (κ2) is 4.41. The predicted molar refractivity (Wildman–Crippen MR) is 66.0 cm³/mol. The van der Waals surface area contributed by atoms with Crippen LogP contribution in [0.15, 0.2) is 55.0 Å². The van der Waals surface area contributed by atoms with Crippen LogP contribution in [0.1, 0.15) is 0 Å². The van der Waals surface area contributed by atoms with Crippen LogP contribution >= 0.6 is 0 Å². The lowest BCUT2D eigenvalue weighted by Crippen LogP contribution is -1.88. The molecule has 2 aromatic heterocycles.